The zero-order valence-corrected chi connectivity index (χ0v) is 12.5. The van der Waals surface area contributed by atoms with Crippen molar-refractivity contribution in [3.05, 3.63) is 17.7 Å². The first-order valence-electron chi connectivity index (χ1n) is 7.70. The number of rotatable bonds is 4. The summed E-state index contributed by atoms with van der Waals surface area (Å²) >= 11 is 0. The summed E-state index contributed by atoms with van der Waals surface area (Å²) in [6.45, 7) is 0.553. The number of hydrogen-bond donors (Lipinski definition) is 1. The monoisotopic (exact) mass is 293 g/mol. The summed E-state index contributed by atoms with van der Waals surface area (Å²) in [6.07, 6.45) is 7.15. The zero-order chi connectivity index (χ0) is 14.8. The normalized spacial score (nSPS) is 22.6. The van der Waals surface area contributed by atoms with Gasteiger partial charge in [-0.25, -0.2) is 4.98 Å². The lowest BCUT2D eigenvalue weighted by molar-refractivity contribution is -0.142. The Morgan fingerprint density at radius 2 is 2.24 bits per heavy atom. The molecule has 0 spiro atoms. The van der Waals surface area contributed by atoms with Crippen molar-refractivity contribution in [3.8, 4) is 0 Å². The van der Waals surface area contributed by atoms with Gasteiger partial charge in [-0.2, -0.15) is 0 Å². The molecule has 3 rings (SSSR count). The lowest BCUT2D eigenvalue weighted by Crippen LogP contribution is -2.48. The number of aryl methyl sites for hydroxylation is 1. The summed E-state index contributed by atoms with van der Waals surface area (Å²) in [6, 6.07) is -0.174. The summed E-state index contributed by atoms with van der Waals surface area (Å²) in [7, 11) is 1.95. The van der Waals surface area contributed by atoms with Crippen LogP contribution in [-0.2, 0) is 29.5 Å². The van der Waals surface area contributed by atoms with Crippen molar-refractivity contribution < 1.29 is 14.6 Å². The summed E-state index contributed by atoms with van der Waals surface area (Å²) in [5.74, 6) is -0.0442. The highest BCUT2D eigenvalue weighted by Crippen LogP contribution is 2.24. The molecule has 1 aromatic heterocycles. The summed E-state index contributed by atoms with van der Waals surface area (Å²) in [4.78, 5) is 18.5. The Morgan fingerprint density at radius 1 is 1.48 bits per heavy atom. The summed E-state index contributed by atoms with van der Waals surface area (Å²) in [5.41, 5.74) is 2.03. The van der Waals surface area contributed by atoms with E-state index in [0.717, 1.165) is 24.2 Å². The quantitative estimate of drug-likeness (QED) is 0.884. The van der Waals surface area contributed by atoms with Crippen LogP contribution < -0.4 is 0 Å². The molecule has 1 fully saturated rings. The molecule has 1 aliphatic carbocycles. The number of fused-ring (bicyclic) bond motifs is 1. The molecule has 6 nitrogen and oxygen atoms in total. The van der Waals surface area contributed by atoms with Crippen LogP contribution in [-0.4, -0.2) is 50.8 Å². The fourth-order valence-corrected chi connectivity index (χ4v) is 3.30. The third-order valence-corrected chi connectivity index (χ3v) is 4.61. The lowest BCUT2D eigenvalue weighted by Gasteiger charge is -2.34. The van der Waals surface area contributed by atoms with E-state index in [1.807, 2.05) is 11.6 Å². The predicted octanol–water partition coefficient (Wildman–Crippen LogP) is 0.625. The first-order valence-corrected chi connectivity index (χ1v) is 7.70. The topological polar surface area (TPSA) is 67.6 Å². The van der Waals surface area contributed by atoms with Crippen molar-refractivity contribution in [1.29, 1.82) is 0 Å². The molecule has 0 saturated heterocycles. The maximum absolute atomic E-state index is 12.4. The summed E-state index contributed by atoms with van der Waals surface area (Å²) in [5, 5.41) is 9.58. The van der Waals surface area contributed by atoms with E-state index >= 15 is 0 Å². The van der Waals surface area contributed by atoms with Gasteiger partial charge in [0.25, 0.3) is 0 Å². The second-order valence-corrected chi connectivity index (χ2v) is 6.03. The van der Waals surface area contributed by atoms with Crippen molar-refractivity contribution in [2.24, 2.45) is 7.05 Å². The van der Waals surface area contributed by atoms with Crippen molar-refractivity contribution in [1.82, 2.24) is 14.5 Å². The maximum Gasteiger partial charge on any atom is 0.249 e. The van der Waals surface area contributed by atoms with Crippen LogP contribution in [0.25, 0.3) is 0 Å². The van der Waals surface area contributed by atoms with E-state index in [4.69, 9.17) is 4.74 Å². The van der Waals surface area contributed by atoms with Crippen molar-refractivity contribution in [2.75, 3.05) is 13.2 Å². The zero-order valence-electron chi connectivity index (χ0n) is 12.5. The first-order chi connectivity index (χ1) is 10.2. The highest BCUT2D eigenvalue weighted by molar-refractivity contribution is 5.78. The minimum Gasteiger partial charge on any atom is -0.394 e. The van der Waals surface area contributed by atoms with Gasteiger partial charge in [-0.1, -0.05) is 12.8 Å². The molecule has 1 aliphatic heterocycles. The maximum atomic E-state index is 12.4. The molecular weight excluding hydrogens is 270 g/mol. The standard InChI is InChI=1S/C15H23N3O3/c1-17-10-16-13-7-18(11(8-19)6-14(13)17)15(20)9-21-12-4-2-3-5-12/h10-12,19H,2-9H2,1H3/t11-/m1/s1. The van der Waals surface area contributed by atoms with Crippen LogP contribution >= 0.6 is 0 Å². The smallest absolute Gasteiger partial charge is 0.249 e. The van der Waals surface area contributed by atoms with Crippen LogP contribution in [0, 0.1) is 0 Å². The first kappa shape index (κ1) is 14.5. The van der Waals surface area contributed by atoms with Crippen LogP contribution in [0.5, 0.6) is 0 Å². The summed E-state index contributed by atoms with van der Waals surface area (Å²) < 4.78 is 7.67. The largest absolute Gasteiger partial charge is 0.394 e. The number of amides is 1. The van der Waals surface area contributed by atoms with Gasteiger partial charge in [-0.15, -0.1) is 0 Å². The van der Waals surface area contributed by atoms with E-state index in [1.54, 1.807) is 11.2 Å². The van der Waals surface area contributed by atoms with Crippen LogP contribution in [0.3, 0.4) is 0 Å². The molecule has 2 aliphatic rings. The molecule has 0 radical (unpaired) electrons. The molecule has 0 unspecified atom stereocenters. The van der Waals surface area contributed by atoms with E-state index in [0.29, 0.717) is 13.0 Å². The molecule has 116 valence electrons. The molecule has 21 heavy (non-hydrogen) atoms. The number of imidazole rings is 1. The van der Waals surface area contributed by atoms with Crippen molar-refractivity contribution in [2.45, 2.75) is 50.8 Å². The number of nitrogens with zero attached hydrogens (tertiary/aromatic N) is 3. The highest BCUT2D eigenvalue weighted by Gasteiger charge is 2.32. The molecule has 0 aromatic carbocycles. The van der Waals surface area contributed by atoms with E-state index < -0.39 is 0 Å². The van der Waals surface area contributed by atoms with E-state index in [9.17, 15) is 9.90 Å². The van der Waals surface area contributed by atoms with Crippen LogP contribution in [0.1, 0.15) is 37.1 Å². The minimum absolute atomic E-state index is 0.0280. The third-order valence-electron chi connectivity index (χ3n) is 4.61. The molecule has 0 bridgehead atoms. The molecule has 1 aromatic rings. The van der Waals surface area contributed by atoms with Crippen LogP contribution in [0.15, 0.2) is 6.33 Å². The Balaban J connectivity index is 1.64. The van der Waals surface area contributed by atoms with Gasteiger partial charge in [-0.3, -0.25) is 4.79 Å². The Kier molecular flexibility index (Phi) is 4.26. The number of aliphatic hydroxyl groups excluding tert-OH is 1. The Hall–Kier alpha value is -1.40. The molecule has 6 heteroatoms. The number of carbonyl (C=O) groups excluding carboxylic acids is 1. The second kappa shape index (κ2) is 6.15. The van der Waals surface area contributed by atoms with Gasteiger partial charge >= 0.3 is 0 Å². The van der Waals surface area contributed by atoms with Gasteiger partial charge in [0.1, 0.15) is 6.61 Å². The Bertz CT molecular complexity index is 508. The molecule has 1 N–H and O–H groups in total. The van der Waals surface area contributed by atoms with Gasteiger partial charge in [-0.05, 0) is 12.8 Å². The van der Waals surface area contributed by atoms with Gasteiger partial charge in [0.15, 0.2) is 0 Å². The number of aliphatic hydroxyl groups is 1. The number of ether oxygens (including phenoxy) is 1. The van der Waals surface area contributed by atoms with Crippen LogP contribution in [0.4, 0.5) is 0 Å². The Labute approximate surface area is 124 Å². The van der Waals surface area contributed by atoms with Gasteiger partial charge in [0.2, 0.25) is 5.91 Å². The molecule has 1 atom stereocenters. The fraction of sp³-hybridized carbons (Fsp3) is 0.733. The predicted molar refractivity (Wildman–Crippen MR) is 76.5 cm³/mol. The van der Waals surface area contributed by atoms with Gasteiger partial charge in [0, 0.05) is 19.2 Å². The molecule has 2 heterocycles. The number of aromatic nitrogens is 2. The van der Waals surface area contributed by atoms with Crippen LogP contribution in [0.2, 0.25) is 0 Å². The minimum atomic E-state index is -0.174. The van der Waals surface area contributed by atoms with Gasteiger partial charge < -0.3 is 19.3 Å². The van der Waals surface area contributed by atoms with Gasteiger partial charge in [0.05, 0.1) is 37.3 Å². The Morgan fingerprint density at radius 3 is 2.95 bits per heavy atom. The third kappa shape index (κ3) is 2.96. The molecular formula is C15H23N3O3. The van der Waals surface area contributed by atoms with Crippen molar-refractivity contribution >= 4 is 5.91 Å². The lowest BCUT2D eigenvalue weighted by atomic mass is 10.0. The van der Waals surface area contributed by atoms with E-state index in [1.165, 1.54) is 12.8 Å². The average Bonchev–Trinajstić information content (AvgIpc) is 3.14. The molecule has 1 amide bonds. The number of carbonyl (C=O) groups is 1. The number of hydrogen-bond acceptors (Lipinski definition) is 4. The molecule has 1 saturated carbocycles. The fourth-order valence-electron chi connectivity index (χ4n) is 3.30. The van der Waals surface area contributed by atoms with Crippen molar-refractivity contribution in [3.63, 3.8) is 0 Å². The van der Waals surface area contributed by atoms with E-state index in [-0.39, 0.29) is 31.3 Å². The second-order valence-electron chi connectivity index (χ2n) is 6.03. The average molecular weight is 293 g/mol. The highest BCUT2D eigenvalue weighted by atomic mass is 16.5. The SMILES string of the molecule is Cn1cnc2c1C[C@H](CO)N(C(=O)COC1CCCC1)C2. The van der Waals surface area contributed by atoms with E-state index in [2.05, 4.69) is 4.98 Å².